The number of hydrazone groups is 1. The molecule has 0 spiro atoms. The van der Waals surface area contributed by atoms with Gasteiger partial charge >= 0.3 is 0 Å². The first kappa shape index (κ1) is 15.2. The fourth-order valence-electron chi connectivity index (χ4n) is 1.44. The summed E-state index contributed by atoms with van der Waals surface area (Å²) in [6, 6.07) is 4.36. The van der Waals surface area contributed by atoms with Crippen LogP contribution in [0.1, 0.15) is 32.3 Å². The molecule has 1 rings (SSSR count). The molecule has 0 fully saturated rings. The van der Waals surface area contributed by atoms with E-state index in [4.69, 9.17) is 12.2 Å². The van der Waals surface area contributed by atoms with E-state index < -0.39 is 0 Å². The van der Waals surface area contributed by atoms with E-state index in [1.165, 1.54) is 12.1 Å². The molecule has 4 N–H and O–H groups in total. The summed E-state index contributed by atoms with van der Waals surface area (Å²) in [7, 11) is 0. The van der Waals surface area contributed by atoms with Crippen LogP contribution in [0.15, 0.2) is 23.3 Å². The van der Waals surface area contributed by atoms with E-state index in [0.29, 0.717) is 16.4 Å². The summed E-state index contributed by atoms with van der Waals surface area (Å²) >= 11 is 5.06. The summed E-state index contributed by atoms with van der Waals surface area (Å²) in [5.74, 6) is -0.00771. The molecule has 104 valence electrons. The van der Waals surface area contributed by atoms with E-state index in [0.717, 1.165) is 19.4 Å². The average molecular weight is 281 g/mol. The van der Waals surface area contributed by atoms with E-state index >= 15 is 0 Å². The van der Waals surface area contributed by atoms with Crippen molar-refractivity contribution in [3.8, 4) is 11.5 Å². The third-order valence-corrected chi connectivity index (χ3v) is 2.75. The van der Waals surface area contributed by atoms with Gasteiger partial charge in [0.05, 0.1) is 5.71 Å². The van der Waals surface area contributed by atoms with E-state index in [2.05, 4.69) is 22.8 Å². The van der Waals surface area contributed by atoms with Crippen LogP contribution in [0.4, 0.5) is 0 Å². The molecule has 19 heavy (non-hydrogen) atoms. The first-order valence-corrected chi connectivity index (χ1v) is 6.56. The Morgan fingerprint density at radius 2 is 2.11 bits per heavy atom. The van der Waals surface area contributed by atoms with E-state index in [1.54, 1.807) is 13.0 Å². The monoisotopic (exact) mass is 281 g/mol. The summed E-state index contributed by atoms with van der Waals surface area (Å²) in [5.41, 5.74) is 3.84. The SMILES string of the molecule is CCCCNC(=S)N/N=C(\C)c1ccc(O)cc1O. The van der Waals surface area contributed by atoms with Gasteiger partial charge in [0.25, 0.3) is 0 Å². The van der Waals surface area contributed by atoms with Gasteiger partial charge in [-0.05, 0) is 37.7 Å². The van der Waals surface area contributed by atoms with Crippen molar-refractivity contribution >= 4 is 23.0 Å². The third-order valence-electron chi connectivity index (χ3n) is 2.51. The van der Waals surface area contributed by atoms with Crippen molar-refractivity contribution in [2.75, 3.05) is 6.54 Å². The molecule has 5 nitrogen and oxygen atoms in total. The topological polar surface area (TPSA) is 76.9 Å². The van der Waals surface area contributed by atoms with Crippen molar-refractivity contribution < 1.29 is 10.2 Å². The van der Waals surface area contributed by atoms with Crippen molar-refractivity contribution in [1.82, 2.24) is 10.7 Å². The molecule has 6 heteroatoms. The van der Waals surface area contributed by atoms with Crippen LogP contribution in [0.25, 0.3) is 0 Å². The standard InChI is InChI=1S/C13H19N3O2S/c1-3-4-7-14-13(19)16-15-9(2)11-6-5-10(17)8-12(11)18/h5-6,8,17-18H,3-4,7H2,1-2H3,(H2,14,16,19)/b15-9+. The van der Waals surface area contributed by atoms with Crippen molar-refractivity contribution in [2.45, 2.75) is 26.7 Å². The van der Waals surface area contributed by atoms with Crippen LogP contribution >= 0.6 is 12.2 Å². The Labute approximate surface area is 118 Å². The Hall–Kier alpha value is -1.82. The zero-order valence-electron chi connectivity index (χ0n) is 11.1. The van der Waals surface area contributed by atoms with Gasteiger partial charge in [-0.1, -0.05) is 13.3 Å². The van der Waals surface area contributed by atoms with Crippen LogP contribution in [0, 0.1) is 0 Å². The molecular formula is C13H19N3O2S. The number of phenols is 2. The van der Waals surface area contributed by atoms with Gasteiger partial charge in [0.1, 0.15) is 11.5 Å². The second-order valence-corrected chi connectivity index (χ2v) is 4.53. The fourth-order valence-corrected chi connectivity index (χ4v) is 1.59. The summed E-state index contributed by atoms with van der Waals surface area (Å²) in [6.07, 6.45) is 2.14. The van der Waals surface area contributed by atoms with Gasteiger partial charge in [-0.15, -0.1) is 0 Å². The molecule has 0 aliphatic heterocycles. The summed E-state index contributed by atoms with van der Waals surface area (Å²) in [6.45, 7) is 4.66. The predicted molar refractivity (Wildman–Crippen MR) is 80.6 cm³/mol. The lowest BCUT2D eigenvalue weighted by molar-refractivity contribution is 0.450. The highest BCUT2D eigenvalue weighted by atomic mass is 32.1. The lowest BCUT2D eigenvalue weighted by Crippen LogP contribution is -2.33. The number of benzene rings is 1. The first-order valence-electron chi connectivity index (χ1n) is 6.15. The Bertz CT molecular complexity index is 475. The molecule has 1 aromatic carbocycles. The molecule has 0 aromatic heterocycles. The molecule has 0 aliphatic rings. The fraction of sp³-hybridized carbons (Fsp3) is 0.385. The Kier molecular flexibility index (Phi) is 6.08. The number of unbranched alkanes of at least 4 members (excludes halogenated alkanes) is 1. The zero-order chi connectivity index (χ0) is 14.3. The van der Waals surface area contributed by atoms with Crippen molar-refractivity contribution in [1.29, 1.82) is 0 Å². The Morgan fingerprint density at radius 1 is 1.37 bits per heavy atom. The maximum absolute atomic E-state index is 9.68. The van der Waals surface area contributed by atoms with Gasteiger partial charge in [-0.2, -0.15) is 5.10 Å². The van der Waals surface area contributed by atoms with Crippen LogP contribution in [0.3, 0.4) is 0 Å². The highest BCUT2D eigenvalue weighted by Gasteiger charge is 2.05. The van der Waals surface area contributed by atoms with Crippen molar-refractivity contribution in [2.24, 2.45) is 5.10 Å². The second-order valence-electron chi connectivity index (χ2n) is 4.12. The van der Waals surface area contributed by atoms with Gasteiger partial charge < -0.3 is 15.5 Å². The minimum absolute atomic E-state index is 0.0127. The number of aromatic hydroxyl groups is 2. The van der Waals surface area contributed by atoms with Gasteiger partial charge in [-0.3, -0.25) is 5.43 Å². The molecule has 0 aliphatic carbocycles. The minimum Gasteiger partial charge on any atom is -0.508 e. The van der Waals surface area contributed by atoms with Gasteiger partial charge in [-0.25, -0.2) is 0 Å². The molecule has 0 unspecified atom stereocenters. The highest BCUT2D eigenvalue weighted by Crippen LogP contribution is 2.22. The lowest BCUT2D eigenvalue weighted by atomic mass is 10.1. The van der Waals surface area contributed by atoms with Crippen LogP contribution in [0.2, 0.25) is 0 Å². The number of thiocarbonyl (C=S) groups is 1. The number of nitrogens with zero attached hydrogens (tertiary/aromatic N) is 1. The molecule has 0 atom stereocenters. The molecule has 0 saturated heterocycles. The number of hydrogen-bond acceptors (Lipinski definition) is 4. The van der Waals surface area contributed by atoms with E-state index in [1.807, 2.05) is 0 Å². The molecular weight excluding hydrogens is 262 g/mol. The molecule has 0 radical (unpaired) electrons. The number of hydrogen-bond donors (Lipinski definition) is 4. The Morgan fingerprint density at radius 3 is 2.74 bits per heavy atom. The van der Waals surface area contributed by atoms with Crippen LogP contribution in [0.5, 0.6) is 11.5 Å². The second kappa shape index (κ2) is 7.58. The third kappa shape index (κ3) is 5.13. The largest absolute Gasteiger partial charge is 0.508 e. The lowest BCUT2D eigenvalue weighted by Gasteiger charge is -2.08. The normalized spacial score (nSPS) is 11.2. The summed E-state index contributed by atoms with van der Waals surface area (Å²) < 4.78 is 0. The van der Waals surface area contributed by atoms with Crippen LogP contribution in [-0.2, 0) is 0 Å². The van der Waals surface area contributed by atoms with Crippen LogP contribution < -0.4 is 10.7 Å². The molecule has 0 bridgehead atoms. The molecule has 0 heterocycles. The summed E-state index contributed by atoms with van der Waals surface area (Å²) in [5, 5.41) is 26.5. The van der Waals surface area contributed by atoms with Gasteiger partial charge in [0, 0.05) is 18.2 Å². The Balaban J connectivity index is 2.59. The van der Waals surface area contributed by atoms with Crippen molar-refractivity contribution in [3.63, 3.8) is 0 Å². The average Bonchev–Trinajstić information content (AvgIpc) is 2.36. The highest BCUT2D eigenvalue weighted by molar-refractivity contribution is 7.80. The number of phenolic OH excluding ortho intramolecular Hbond substituents is 2. The predicted octanol–water partition coefficient (Wildman–Crippen LogP) is 2.09. The molecule has 0 amide bonds. The first-order chi connectivity index (χ1) is 9.04. The van der Waals surface area contributed by atoms with Gasteiger partial charge in [0.2, 0.25) is 0 Å². The quantitative estimate of drug-likeness (QED) is 0.288. The minimum atomic E-state index is -0.0205. The maximum atomic E-state index is 9.68. The molecule has 1 aromatic rings. The smallest absolute Gasteiger partial charge is 0.186 e. The van der Waals surface area contributed by atoms with Gasteiger partial charge in [0.15, 0.2) is 5.11 Å². The zero-order valence-corrected chi connectivity index (χ0v) is 11.9. The number of rotatable bonds is 5. The maximum Gasteiger partial charge on any atom is 0.186 e. The number of nitrogens with one attached hydrogen (secondary N) is 2. The van der Waals surface area contributed by atoms with Crippen LogP contribution in [-0.4, -0.2) is 27.6 Å². The molecule has 0 saturated carbocycles. The van der Waals surface area contributed by atoms with E-state index in [9.17, 15) is 10.2 Å². The summed E-state index contributed by atoms with van der Waals surface area (Å²) in [4.78, 5) is 0. The van der Waals surface area contributed by atoms with E-state index in [-0.39, 0.29) is 11.5 Å². The van der Waals surface area contributed by atoms with Crippen molar-refractivity contribution in [3.05, 3.63) is 23.8 Å².